The Labute approximate surface area is 380 Å². The zero-order valence-electron chi connectivity index (χ0n) is 38.3. The molecule has 17 heteroatoms. The molecule has 1 fully saturated rings. The summed E-state index contributed by atoms with van der Waals surface area (Å²) in [6.07, 6.45) is 8.62. The van der Waals surface area contributed by atoms with Crippen LogP contribution in [0.5, 0.6) is 0 Å². The van der Waals surface area contributed by atoms with Gasteiger partial charge in [0, 0.05) is 25.2 Å². The van der Waals surface area contributed by atoms with Crippen LogP contribution in [0.3, 0.4) is 0 Å². The van der Waals surface area contributed by atoms with Crippen molar-refractivity contribution in [2.24, 2.45) is 11.8 Å². The number of Topliss-reactive ketones (excluding diaryl/α,β-unsaturated/α-hetero) is 1. The van der Waals surface area contributed by atoms with Gasteiger partial charge in [0.15, 0.2) is 6.10 Å². The van der Waals surface area contributed by atoms with E-state index in [9.17, 15) is 59.6 Å². The molecule has 0 aromatic carbocycles. The number of hydrogen-bond acceptors (Lipinski definition) is 15. The van der Waals surface area contributed by atoms with Crippen molar-refractivity contribution >= 4 is 25.5 Å². The van der Waals surface area contributed by atoms with Gasteiger partial charge in [0.2, 0.25) is 0 Å². The lowest BCUT2D eigenvalue weighted by Gasteiger charge is -2.36. The van der Waals surface area contributed by atoms with E-state index in [4.69, 9.17) is 18.5 Å². The summed E-state index contributed by atoms with van der Waals surface area (Å²) in [6, 6.07) is 0. The Morgan fingerprint density at radius 3 is 2.08 bits per heavy atom. The number of unbranched alkanes of at least 4 members (excludes halogenated alkanes) is 13. The molecule has 2 rings (SSSR count). The van der Waals surface area contributed by atoms with Gasteiger partial charge in [-0.2, -0.15) is 0 Å². The fourth-order valence-electron chi connectivity index (χ4n) is 7.82. The molecule has 370 valence electrons. The van der Waals surface area contributed by atoms with Gasteiger partial charge in [0.1, 0.15) is 36.8 Å². The van der Waals surface area contributed by atoms with Gasteiger partial charge in [0.25, 0.3) is 0 Å². The lowest BCUT2D eigenvalue weighted by molar-refractivity contribution is -0.166. The Morgan fingerprint density at radius 2 is 1.41 bits per heavy atom. The van der Waals surface area contributed by atoms with Gasteiger partial charge in [-0.1, -0.05) is 121 Å². The summed E-state index contributed by atoms with van der Waals surface area (Å²) >= 11 is 0. The standard InChI is InChI=1S/C47H81O16P/c1-3-5-7-8-9-10-11-12-13-14-15-16-17-18-24-28-41(52)62-35-32-60-40(51)27-23-20-19-22-26-36-38(49)31-39(50)37(30-29-34(48)25-21-6-4-2)43(54)45(56)47(46(57)44(55)42(36)53)63-64(58,59)61-33-35/h12-13,19,22,29-30,34-38,42-49,53-57H,3-11,14-18,20-21,23-28,31-33H2,1-2H3,(H,58,59)/b13-12-,22-19-,30-29+/t34-,35+,36-,37-,38-,42+,43+,44-,45+,46+,47+/m0/s1. The molecule has 1 saturated carbocycles. The van der Waals surface area contributed by atoms with E-state index in [2.05, 4.69) is 19.1 Å². The topological polar surface area (TPSA) is 267 Å². The van der Waals surface area contributed by atoms with Gasteiger partial charge < -0.3 is 50.1 Å². The van der Waals surface area contributed by atoms with E-state index in [0.717, 1.165) is 57.4 Å². The summed E-state index contributed by atoms with van der Waals surface area (Å²) in [5.41, 5.74) is 0. The summed E-state index contributed by atoms with van der Waals surface area (Å²) in [4.78, 5) is 50.1. The number of rotatable bonds is 22. The predicted octanol–water partition coefficient (Wildman–Crippen LogP) is 5.98. The normalized spacial score (nSPS) is 31.8. The van der Waals surface area contributed by atoms with Crippen molar-refractivity contribution in [1.29, 1.82) is 0 Å². The second-order valence-electron chi connectivity index (χ2n) is 17.4. The van der Waals surface area contributed by atoms with Crippen LogP contribution in [-0.4, -0.2) is 127 Å². The van der Waals surface area contributed by atoms with E-state index in [1.165, 1.54) is 44.6 Å². The SMILES string of the molecule is CCCCCCCC/C=C\CCCCCCCC(=O)O[C@@H]1COC(=O)CCC/C=C\C[C@@H]2[C@@H](O)[C@H](O)[C@@H](O)[C@H](OP(=O)(O)OC1)[C@H](O)[C@H](O)[C@@H](/C=C/[C@@H](O)CCCCC)C(=O)C[C@@H]2O. The summed E-state index contributed by atoms with van der Waals surface area (Å²) in [5.74, 6) is -5.17. The number of carbonyl (C=O) groups excluding carboxylic acids is 3. The number of carbonyl (C=O) groups is 3. The Balaban J connectivity index is 2.21. The molecule has 1 aliphatic heterocycles. The van der Waals surface area contributed by atoms with Crippen molar-refractivity contribution in [1.82, 2.24) is 0 Å². The van der Waals surface area contributed by atoms with Crippen molar-refractivity contribution in [3.8, 4) is 0 Å². The van der Waals surface area contributed by atoms with Crippen LogP contribution in [0.25, 0.3) is 0 Å². The second kappa shape index (κ2) is 33.2. The first-order chi connectivity index (χ1) is 30.6. The van der Waals surface area contributed by atoms with Crippen LogP contribution in [0, 0.1) is 11.8 Å². The zero-order chi connectivity index (χ0) is 47.3. The van der Waals surface area contributed by atoms with Gasteiger partial charge in [-0.15, -0.1) is 0 Å². The summed E-state index contributed by atoms with van der Waals surface area (Å²) in [7, 11) is -5.46. The number of fused-ring (bicyclic) bond motifs is 4. The Morgan fingerprint density at radius 1 is 0.797 bits per heavy atom. The minimum absolute atomic E-state index is 0.0145. The molecule has 1 unspecified atom stereocenters. The molecule has 0 aromatic rings. The van der Waals surface area contributed by atoms with E-state index >= 15 is 0 Å². The van der Waals surface area contributed by atoms with E-state index < -0.39 is 112 Å². The molecule has 8 N–H and O–H groups in total. The minimum atomic E-state index is -5.46. The largest absolute Gasteiger partial charge is 0.472 e. The molecule has 0 radical (unpaired) electrons. The minimum Gasteiger partial charge on any atom is -0.462 e. The van der Waals surface area contributed by atoms with Crippen LogP contribution in [0.15, 0.2) is 36.5 Å². The van der Waals surface area contributed by atoms with Gasteiger partial charge in [-0.05, 0) is 57.8 Å². The third-order valence-corrected chi connectivity index (χ3v) is 12.8. The van der Waals surface area contributed by atoms with Gasteiger partial charge in [0.05, 0.1) is 36.9 Å². The summed E-state index contributed by atoms with van der Waals surface area (Å²) in [5, 5.41) is 78.5. The Bertz CT molecular complexity index is 1440. The molecule has 0 spiro atoms. The number of ether oxygens (including phenoxy) is 2. The van der Waals surface area contributed by atoms with Crippen LogP contribution < -0.4 is 0 Å². The lowest BCUT2D eigenvalue weighted by atomic mass is 9.83. The van der Waals surface area contributed by atoms with Gasteiger partial charge in [-0.3, -0.25) is 23.4 Å². The van der Waals surface area contributed by atoms with Gasteiger partial charge >= 0.3 is 19.8 Å². The number of cyclic esters (lactones) is 1. The number of phosphoric acid groups is 1. The maximum atomic E-state index is 13.7. The molecule has 1 heterocycles. The molecule has 0 amide bonds. The van der Waals surface area contributed by atoms with Crippen molar-refractivity contribution < 1.29 is 78.1 Å². The van der Waals surface area contributed by atoms with Crippen LogP contribution in [0.1, 0.15) is 162 Å². The molecule has 16 nitrogen and oxygen atoms in total. The fraction of sp³-hybridized carbons (Fsp3) is 0.809. The average Bonchev–Trinajstić information content (AvgIpc) is 3.26. The second-order valence-corrected chi connectivity index (χ2v) is 18.8. The number of phosphoric ester groups is 1. The van der Waals surface area contributed by atoms with Crippen molar-refractivity contribution in [2.75, 3.05) is 13.2 Å². The average molecular weight is 933 g/mol. The zero-order valence-corrected chi connectivity index (χ0v) is 39.2. The van der Waals surface area contributed by atoms with Crippen LogP contribution in [0.2, 0.25) is 0 Å². The molecular weight excluding hydrogens is 851 g/mol. The maximum Gasteiger partial charge on any atom is 0.472 e. The quantitative estimate of drug-likeness (QED) is 0.0269. The molecule has 1 aliphatic carbocycles. The molecule has 0 saturated heterocycles. The fourth-order valence-corrected chi connectivity index (χ4v) is 8.79. The molecule has 12 atom stereocenters. The first-order valence-corrected chi connectivity index (χ1v) is 25.4. The molecule has 2 aliphatic rings. The van der Waals surface area contributed by atoms with Crippen molar-refractivity contribution in [2.45, 2.75) is 216 Å². The maximum absolute atomic E-state index is 13.7. The van der Waals surface area contributed by atoms with Crippen molar-refractivity contribution in [3.63, 3.8) is 0 Å². The van der Waals surface area contributed by atoms with E-state index in [-0.39, 0.29) is 19.3 Å². The number of aliphatic hydroxyl groups excluding tert-OH is 7. The molecule has 2 bridgehead atoms. The highest BCUT2D eigenvalue weighted by Gasteiger charge is 2.49. The number of ketones is 1. The Kier molecular flexibility index (Phi) is 30.0. The third kappa shape index (κ3) is 23.4. The van der Waals surface area contributed by atoms with Crippen molar-refractivity contribution in [3.05, 3.63) is 36.5 Å². The third-order valence-electron chi connectivity index (χ3n) is 11.8. The summed E-state index contributed by atoms with van der Waals surface area (Å²) in [6.45, 7) is 2.77. The number of esters is 2. The number of allylic oxidation sites excluding steroid dienone is 4. The highest BCUT2D eigenvalue weighted by atomic mass is 31.2. The summed E-state index contributed by atoms with van der Waals surface area (Å²) < 4.78 is 34.6. The highest BCUT2D eigenvalue weighted by Crippen LogP contribution is 2.47. The van der Waals surface area contributed by atoms with Crippen LogP contribution >= 0.6 is 7.82 Å². The Hall–Kier alpha value is -2.34. The molecule has 64 heavy (non-hydrogen) atoms. The first-order valence-electron chi connectivity index (χ1n) is 23.9. The number of hydrogen-bond donors (Lipinski definition) is 8. The smallest absolute Gasteiger partial charge is 0.462 e. The first kappa shape index (κ1) is 57.8. The van der Waals surface area contributed by atoms with E-state index in [1.807, 2.05) is 6.92 Å². The number of aliphatic hydroxyl groups is 7. The molecular formula is C47H81O16P. The van der Waals surface area contributed by atoms with Crippen LogP contribution in [-0.2, 0) is 37.5 Å². The van der Waals surface area contributed by atoms with Crippen LogP contribution in [0.4, 0.5) is 0 Å². The monoisotopic (exact) mass is 933 g/mol. The molecule has 0 aromatic heterocycles. The lowest BCUT2D eigenvalue weighted by Crippen LogP contribution is -2.55. The highest BCUT2D eigenvalue weighted by molar-refractivity contribution is 7.47. The van der Waals surface area contributed by atoms with E-state index in [0.29, 0.717) is 32.1 Å². The van der Waals surface area contributed by atoms with E-state index in [1.54, 1.807) is 12.2 Å². The predicted molar refractivity (Wildman–Crippen MR) is 240 cm³/mol. The van der Waals surface area contributed by atoms with Gasteiger partial charge in [-0.25, -0.2) is 4.57 Å².